The van der Waals surface area contributed by atoms with E-state index in [9.17, 15) is 14.7 Å². The maximum absolute atomic E-state index is 15.0. The Morgan fingerprint density at radius 1 is 1.07 bits per heavy atom. The fraction of sp³-hybridized carbons (Fsp3) is 0.472. The lowest BCUT2D eigenvalue weighted by atomic mass is 9.65. The van der Waals surface area contributed by atoms with Crippen LogP contribution in [0.2, 0.25) is 0 Å². The van der Waals surface area contributed by atoms with Crippen LogP contribution in [0.5, 0.6) is 0 Å². The first-order chi connectivity index (χ1) is 21.2. The van der Waals surface area contributed by atoms with Gasteiger partial charge >= 0.3 is 0 Å². The number of fused-ring (bicyclic) bond motifs is 1. The third-order valence-corrected chi connectivity index (χ3v) is 12.0. The molecule has 3 fully saturated rings. The highest BCUT2D eigenvalue weighted by Gasteiger charge is 2.77. The molecule has 7 nitrogen and oxygen atoms in total. The van der Waals surface area contributed by atoms with Crippen LogP contribution in [0.3, 0.4) is 0 Å². The van der Waals surface area contributed by atoms with Crippen molar-refractivity contribution in [2.45, 2.75) is 69.2 Å². The Morgan fingerprint density at radius 3 is 2.32 bits per heavy atom. The SMILES string of the molecule is C=CCN(Cc1ccccc1)C(=O)[C@@H]1[C@H]2C(=O)N([C@@H](CC)CO)C(C(=O)N(CC=C)c3c(C)cccc3C)C23S[C@@H]1CC3C. The molecule has 0 saturated carbocycles. The molecular weight excluding hydrogens is 570 g/mol. The van der Waals surface area contributed by atoms with Crippen molar-refractivity contribution in [3.63, 3.8) is 0 Å². The van der Waals surface area contributed by atoms with Crippen LogP contribution in [0.4, 0.5) is 5.69 Å². The zero-order valence-corrected chi connectivity index (χ0v) is 27.1. The number of benzene rings is 2. The summed E-state index contributed by atoms with van der Waals surface area (Å²) in [6.07, 6.45) is 4.69. The van der Waals surface area contributed by atoms with Crippen LogP contribution >= 0.6 is 11.8 Å². The molecule has 2 aromatic rings. The first-order valence-electron chi connectivity index (χ1n) is 15.7. The van der Waals surface area contributed by atoms with E-state index in [2.05, 4.69) is 20.1 Å². The van der Waals surface area contributed by atoms with Crippen molar-refractivity contribution >= 4 is 35.2 Å². The molecule has 3 aliphatic rings. The Hall–Kier alpha value is -3.36. The van der Waals surface area contributed by atoms with Crippen molar-refractivity contribution in [3.8, 4) is 0 Å². The van der Waals surface area contributed by atoms with Gasteiger partial charge in [-0.25, -0.2) is 0 Å². The molecule has 1 spiro atoms. The molecule has 1 N–H and O–H groups in total. The maximum atomic E-state index is 15.0. The summed E-state index contributed by atoms with van der Waals surface area (Å²) in [5, 5.41) is 10.4. The molecule has 8 heteroatoms. The van der Waals surface area contributed by atoms with E-state index in [4.69, 9.17) is 0 Å². The molecule has 3 aliphatic heterocycles. The molecule has 3 amide bonds. The van der Waals surface area contributed by atoms with Crippen LogP contribution in [0.1, 0.15) is 43.4 Å². The molecule has 3 heterocycles. The Labute approximate surface area is 266 Å². The van der Waals surface area contributed by atoms with Gasteiger partial charge in [-0.3, -0.25) is 14.4 Å². The molecular formula is C36H45N3O4S. The van der Waals surface area contributed by atoms with Gasteiger partial charge in [0.1, 0.15) is 6.04 Å². The molecule has 3 saturated heterocycles. The molecule has 0 aromatic heterocycles. The van der Waals surface area contributed by atoms with Crippen LogP contribution < -0.4 is 4.90 Å². The second-order valence-electron chi connectivity index (χ2n) is 12.5. The Bertz CT molecular complexity index is 1410. The summed E-state index contributed by atoms with van der Waals surface area (Å²) in [5.41, 5.74) is 3.75. The summed E-state index contributed by atoms with van der Waals surface area (Å²) < 4.78 is -0.787. The summed E-state index contributed by atoms with van der Waals surface area (Å²) in [4.78, 5) is 49.5. The number of carbonyl (C=O) groups excluding carboxylic acids is 3. The fourth-order valence-electron chi connectivity index (χ4n) is 8.03. The zero-order chi connectivity index (χ0) is 31.8. The van der Waals surface area contributed by atoms with Gasteiger partial charge in [-0.2, -0.15) is 0 Å². The summed E-state index contributed by atoms with van der Waals surface area (Å²) in [7, 11) is 0. The third-order valence-electron chi connectivity index (χ3n) is 9.94. The van der Waals surface area contributed by atoms with Crippen molar-refractivity contribution in [3.05, 3.63) is 90.5 Å². The van der Waals surface area contributed by atoms with E-state index >= 15 is 4.79 Å². The van der Waals surface area contributed by atoms with Crippen molar-refractivity contribution in [1.29, 1.82) is 0 Å². The number of amides is 3. The van der Waals surface area contributed by atoms with Crippen molar-refractivity contribution in [1.82, 2.24) is 9.80 Å². The molecule has 234 valence electrons. The van der Waals surface area contributed by atoms with E-state index < -0.39 is 28.7 Å². The Kier molecular flexibility index (Phi) is 9.42. The Balaban J connectivity index is 1.61. The van der Waals surface area contributed by atoms with Gasteiger partial charge in [0.2, 0.25) is 11.8 Å². The monoisotopic (exact) mass is 615 g/mol. The summed E-state index contributed by atoms with van der Waals surface area (Å²) in [5.74, 6) is -1.63. The minimum Gasteiger partial charge on any atom is -0.394 e. The highest BCUT2D eigenvalue weighted by Crippen LogP contribution is 2.69. The van der Waals surface area contributed by atoms with Crippen LogP contribution in [0.25, 0.3) is 0 Å². The number of anilines is 1. The van der Waals surface area contributed by atoms with Crippen LogP contribution in [-0.2, 0) is 20.9 Å². The Morgan fingerprint density at radius 2 is 1.73 bits per heavy atom. The van der Waals surface area contributed by atoms with Crippen molar-refractivity contribution < 1.29 is 19.5 Å². The van der Waals surface area contributed by atoms with Gasteiger partial charge in [0.05, 0.1) is 29.2 Å². The van der Waals surface area contributed by atoms with Gasteiger partial charge in [0.15, 0.2) is 0 Å². The van der Waals surface area contributed by atoms with E-state index in [1.807, 2.05) is 69.3 Å². The minimum absolute atomic E-state index is 0.0242. The minimum atomic E-state index is -0.819. The average Bonchev–Trinajstić information content (AvgIpc) is 3.61. The number of hydrogen-bond donors (Lipinski definition) is 1. The molecule has 0 aliphatic carbocycles. The molecule has 44 heavy (non-hydrogen) atoms. The highest BCUT2D eigenvalue weighted by molar-refractivity contribution is 8.02. The third kappa shape index (κ3) is 5.10. The van der Waals surface area contributed by atoms with E-state index in [-0.39, 0.29) is 42.0 Å². The second-order valence-corrected chi connectivity index (χ2v) is 14.1. The van der Waals surface area contributed by atoms with Gasteiger partial charge in [0, 0.05) is 30.6 Å². The number of para-hydroxylation sites is 1. The summed E-state index contributed by atoms with van der Waals surface area (Å²) >= 11 is 1.67. The van der Waals surface area contributed by atoms with E-state index in [1.54, 1.807) is 38.6 Å². The molecule has 2 aromatic carbocycles. The molecule has 3 unspecified atom stereocenters. The highest BCUT2D eigenvalue weighted by atomic mass is 32.2. The van der Waals surface area contributed by atoms with Gasteiger partial charge in [-0.1, -0.05) is 74.5 Å². The van der Waals surface area contributed by atoms with E-state index in [0.29, 0.717) is 19.5 Å². The van der Waals surface area contributed by atoms with Crippen molar-refractivity contribution in [2.24, 2.45) is 17.8 Å². The maximum Gasteiger partial charge on any atom is 0.251 e. The number of aliphatic hydroxyl groups is 1. The predicted octanol–water partition coefficient (Wildman–Crippen LogP) is 5.15. The lowest BCUT2D eigenvalue weighted by Crippen LogP contribution is -2.59. The van der Waals surface area contributed by atoms with Crippen LogP contribution in [0, 0.1) is 31.6 Å². The topological polar surface area (TPSA) is 81.2 Å². The number of nitrogens with zero attached hydrogens (tertiary/aromatic N) is 3. The average molecular weight is 616 g/mol. The standard InChI is InChI=1S/C36H45N3O4S/c1-7-18-37(21-26-16-11-10-12-17-26)33(41)29-28-20-25(6)36(44-28)30(29)34(42)39(27(9-3)22-40)32(36)35(43)38(19-8-2)31-23(4)14-13-15-24(31)5/h7-8,10-17,25,27-30,32,40H,1-2,9,18-22H2,3-6H3/t25?,27-,28+,29-,30-,32?,36?/m0/s1. The number of likely N-dealkylation sites (tertiary alicyclic amines) is 1. The van der Waals surface area contributed by atoms with E-state index in [0.717, 1.165) is 28.8 Å². The fourth-order valence-corrected chi connectivity index (χ4v) is 10.4. The van der Waals surface area contributed by atoms with Crippen LogP contribution in [-0.4, -0.2) is 74.4 Å². The predicted molar refractivity (Wildman–Crippen MR) is 177 cm³/mol. The number of thioether (sulfide) groups is 1. The van der Waals surface area contributed by atoms with Crippen molar-refractivity contribution in [2.75, 3.05) is 24.6 Å². The smallest absolute Gasteiger partial charge is 0.251 e. The number of aliphatic hydroxyl groups excluding tert-OH is 1. The van der Waals surface area contributed by atoms with Gasteiger partial charge < -0.3 is 19.8 Å². The molecule has 0 radical (unpaired) electrons. The number of aryl methyl sites for hydroxylation is 2. The first kappa shape index (κ1) is 32.0. The first-order valence-corrected chi connectivity index (χ1v) is 16.6. The molecule has 2 bridgehead atoms. The summed E-state index contributed by atoms with van der Waals surface area (Å²) in [6.45, 7) is 16.7. The number of rotatable bonds is 12. The molecule has 7 atom stereocenters. The van der Waals surface area contributed by atoms with E-state index in [1.165, 1.54) is 0 Å². The lowest BCUT2D eigenvalue weighted by Gasteiger charge is -2.42. The number of carbonyl (C=O) groups is 3. The van der Waals surface area contributed by atoms with Gasteiger partial charge in [-0.05, 0) is 49.3 Å². The normalized spacial score (nSPS) is 27.6. The lowest BCUT2D eigenvalue weighted by molar-refractivity contribution is -0.146. The van der Waals surface area contributed by atoms with Gasteiger partial charge in [0.25, 0.3) is 5.91 Å². The van der Waals surface area contributed by atoms with Crippen LogP contribution in [0.15, 0.2) is 73.8 Å². The zero-order valence-electron chi connectivity index (χ0n) is 26.3. The summed E-state index contributed by atoms with van der Waals surface area (Å²) in [6, 6.07) is 14.4. The number of hydrogen-bond acceptors (Lipinski definition) is 5. The molecule has 5 rings (SSSR count). The van der Waals surface area contributed by atoms with Gasteiger partial charge in [-0.15, -0.1) is 24.9 Å². The quantitative estimate of drug-likeness (QED) is 0.335. The largest absolute Gasteiger partial charge is 0.394 e. The second kappa shape index (κ2) is 12.9.